The molecule has 3 aromatic carbocycles. The van der Waals surface area contributed by atoms with Crippen molar-refractivity contribution in [3.8, 4) is 45.8 Å². The first-order valence-corrected chi connectivity index (χ1v) is 22.8. The number of rotatable bonds is 15. The van der Waals surface area contributed by atoms with Gasteiger partial charge in [-0.2, -0.15) is 5.26 Å². The second-order valence-corrected chi connectivity index (χ2v) is 17.4. The first kappa shape index (κ1) is 48.8. The number of aromatic nitrogens is 2. The van der Waals surface area contributed by atoms with Crippen molar-refractivity contribution in [2.24, 2.45) is 17.2 Å². The van der Waals surface area contributed by atoms with E-state index in [0.29, 0.717) is 57.6 Å². The van der Waals surface area contributed by atoms with Crippen LogP contribution in [0.1, 0.15) is 77.1 Å². The van der Waals surface area contributed by atoms with Crippen LogP contribution in [0.15, 0.2) is 54.6 Å². The molecule has 7 rings (SSSR count). The highest BCUT2D eigenvalue weighted by atomic mass is 16.5. The monoisotopic (exact) mass is 929 g/mol. The first-order chi connectivity index (χ1) is 32.7. The molecular weight excluding hydrogens is 871 g/mol. The Kier molecular flexibility index (Phi) is 15.2. The van der Waals surface area contributed by atoms with Crippen LogP contribution >= 0.6 is 0 Å². The zero-order valence-electron chi connectivity index (χ0n) is 38.8. The summed E-state index contributed by atoms with van der Waals surface area (Å²) in [5.41, 5.74) is 22.7. The van der Waals surface area contributed by atoms with E-state index in [-0.39, 0.29) is 63.2 Å². The number of nitrogens with two attached hydrogens (primary N) is 3. The smallest absolute Gasteiger partial charge is 0.255 e. The Labute approximate surface area is 394 Å². The van der Waals surface area contributed by atoms with E-state index in [1.54, 1.807) is 50.2 Å². The Morgan fingerprint density at radius 1 is 0.912 bits per heavy atom. The van der Waals surface area contributed by atoms with E-state index in [1.807, 2.05) is 18.2 Å². The first-order valence-electron chi connectivity index (χ1n) is 22.8. The molecule has 10 N–H and O–H groups in total. The number of benzene rings is 3. The number of carbonyl (C=O) groups excluding carboxylic acids is 5. The normalized spacial score (nSPS) is 18.5. The summed E-state index contributed by atoms with van der Waals surface area (Å²) >= 11 is 0. The Morgan fingerprint density at radius 2 is 1.59 bits per heavy atom. The Balaban J connectivity index is 1.24. The van der Waals surface area contributed by atoms with Gasteiger partial charge < -0.3 is 57.6 Å². The van der Waals surface area contributed by atoms with Crippen molar-refractivity contribution in [2.45, 2.75) is 82.5 Å². The molecule has 19 heteroatoms. The van der Waals surface area contributed by atoms with Gasteiger partial charge in [-0.25, -0.2) is 9.97 Å². The molecule has 1 spiro atoms. The zero-order chi connectivity index (χ0) is 48.7. The number of fused-ring (bicyclic) bond motifs is 7. The molecule has 3 heterocycles. The number of nitrogens with one attached hydrogen (secondary N) is 4. The number of likely N-dealkylation sites (N-methyl/N-ethyl adjacent to an activating group) is 1. The topological polar surface area (TPSA) is 292 Å². The van der Waals surface area contributed by atoms with Crippen LogP contribution in [0.2, 0.25) is 0 Å². The summed E-state index contributed by atoms with van der Waals surface area (Å²) in [6.45, 7) is 5.85. The van der Waals surface area contributed by atoms with Crippen molar-refractivity contribution >= 4 is 29.5 Å². The van der Waals surface area contributed by atoms with Gasteiger partial charge in [-0.05, 0) is 94.5 Å². The number of nitriles is 1. The maximum absolute atomic E-state index is 14.8. The summed E-state index contributed by atoms with van der Waals surface area (Å²) in [6.07, 6.45) is 3.29. The predicted octanol–water partition coefficient (Wildman–Crippen LogP) is 1.75. The minimum Gasteiger partial charge on any atom is -0.493 e. The fourth-order valence-electron chi connectivity index (χ4n) is 8.91. The van der Waals surface area contributed by atoms with E-state index in [2.05, 4.69) is 27.3 Å². The summed E-state index contributed by atoms with van der Waals surface area (Å²) in [4.78, 5) is 81.4. The third-order valence-corrected chi connectivity index (χ3v) is 12.6. The van der Waals surface area contributed by atoms with Gasteiger partial charge in [-0.1, -0.05) is 24.3 Å². The van der Waals surface area contributed by atoms with Crippen molar-refractivity contribution in [1.82, 2.24) is 36.1 Å². The largest absolute Gasteiger partial charge is 0.493 e. The minimum absolute atomic E-state index is 0.000526. The number of aryl methyl sites for hydroxylation is 2. The van der Waals surface area contributed by atoms with Gasteiger partial charge in [0.15, 0.2) is 5.82 Å². The van der Waals surface area contributed by atoms with E-state index in [4.69, 9.17) is 41.4 Å². The standard InChI is InChI=1S/C49H59N11O8/c1-27-41(28(2)56-43(55-27)32-6-8-35-40(26-32)66-20-14-49(35)12-13-49)46(63)58-36(11-15-50)48(65)60(4)42-31-7-10-39(68-22-18-53)34(25-31)33-23-30(5-9-38(33)67-21-17-52)24-37(45(62)54-19-16-51)59-44(61)29(3)57-47(42)64/h5-10,23,25-26,29,36-37,42H,11-15,17-22,24,50,52-53H2,1-4H3,(H,54,62)(H,57,64)(H,58,63)(H,59,61). The molecule has 4 bridgehead atoms. The second-order valence-electron chi connectivity index (χ2n) is 17.4. The molecule has 4 atom stereocenters. The molecule has 2 aliphatic heterocycles. The predicted molar refractivity (Wildman–Crippen MR) is 251 cm³/mol. The van der Waals surface area contributed by atoms with Crippen molar-refractivity contribution in [1.29, 1.82) is 5.26 Å². The van der Waals surface area contributed by atoms with Gasteiger partial charge in [-0.15, -0.1) is 0 Å². The van der Waals surface area contributed by atoms with Gasteiger partial charge in [0, 0.05) is 54.2 Å². The van der Waals surface area contributed by atoms with Crippen LogP contribution in [-0.2, 0) is 31.0 Å². The van der Waals surface area contributed by atoms with Crippen LogP contribution < -0.4 is 52.7 Å². The number of nitrogens with zero attached hydrogens (tertiary/aromatic N) is 4. The van der Waals surface area contributed by atoms with Crippen LogP contribution in [0, 0.1) is 25.2 Å². The van der Waals surface area contributed by atoms with Crippen LogP contribution in [0.4, 0.5) is 0 Å². The fraction of sp³-hybridized carbons (Fsp3) is 0.429. The number of amides is 5. The molecule has 1 aromatic heterocycles. The van der Waals surface area contributed by atoms with Crippen molar-refractivity contribution in [3.05, 3.63) is 88.2 Å². The average Bonchev–Trinajstić information content (AvgIpc) is 4.10. The molecule has 4 unspecified atom stereocenters. The summed E-state index contributed by atoms with van der Waals surface area (Å²) in [6, 6.07) is 13.0. The molecule has 4 aromatic rings. The third-order valence-electron chi connectivity index (χ3n) is 12.6. The van der Waals surface area contributed by atoms with Gasteiger partial charge in [0.05, 0.1) is 29.6 Å². The molecule has 5 amide bonds. The molecule has 0 radical (unpaired) electrons. The molecule has 68 heavy (non-hydrogen) atoms. The average molecular weight is 930 g/mol. The van der Waals surface area contributed by atoms with Crippen LogP contribution in [0.5, 0.6) is 17.2 Å². The van der Waals surface area contributed by atoms with Crippen molar-refractivity contribution in [2.75, 3.05) is 53.0 Å². The Hall–Kier alpha value is -7.14. The summed E-state index contributed by atoms with van der Waals surface area (Å²) in [7, 11) is 1.42. The number of hydrogen-bond acceptors (Lipinski definition) is 14. The van der Waals surface area contributed by atoms with Gasteiger partial charge in [0.25, 0.3) is 5.91 Å². The summed E-state index contributed by atoms with van der Waals surface area (Å²) in [5, 5.41) is 20.0. The number of ether oxygens (including phenoxy) is 3. The summed E-state index contributed by atoms with van der Waals surface area (Å²) < 4.78 is 18.2. The quantitative estimate of drug-likeness (QED) is 0.0837. The Bertz CT molecular complexity index is 2610. The molecule has 1 aliphatic carbocycles. The highest BCUT2D eigenvalue weighted by Gasteiger charge is 2.48. The van der Waals surface area contributed by atoms with Crippen LogP contribution in [-0.4, -0.2) is 116 Å². The van der Waals surface area contributed by atoms with Crippen LogP contribution in [0.25, 0.3) is 22.5 Å². The van der Waals surface area contributed by atoms with E-state index in [1.165, 1.54) is 24.4 Å². The molecule has 19 nitrogen and oxygen atoms in total. The minimum atomic E-state index is -1.41. The zero-order valence-corrected chi connectivity index (χ0v) is 38.8. The van der Waals surface area contributed by atoms with Gasteiger partial charge in [0.2, 0.25) is 23.6 Å². The van der Waals surface area contributed by atoms with Crippen LogP contribution in [0.3, 0.4) is 0 Å². The number of hydrogen-bond donors (Lipinski definition) is 7. The maximum Gasteiger partial charge on any atom is 0.255 e. The van der Waals surface area contributed by atoms with E-state index < -0.39 is 53.7 Å². The molecule has 3 aliphatic rings. The lowest BCUT2D eigenvalue weighted by Crippen LogP contribution is -2.56. The molecule has 1 fully saturated rings. The molecule has 358 valence electrons. The lowest BCUT2D eigenvalue weighted by molar-refractivity contribution is -0.141. The highest BCUT2D eigenvalue weighted by molar-refractivity contribution is 6.00. The van der Waals surface area contributed by atoms with E-state index >= 15 is 0 Å². The third kappa shape index (κ3) is 10.5. The Morgan fingerprint density at radius 3 is 2.24 bits per heavy atom. The van der Waals surface area contributed by atoms with Gasteiger partial charge >= 0.3 is 0 Å². The van der Waals surface area contributed by atoms with Gasteiger partial charge in [0.1, 0.15) is 61.2 Å². The highest BCUT2D eigenvalue weighted by Crippen LogP contribution is 2.56. The fourth-order valence-corrected chi connectivity index (χ4v) is 8.91. The van der Waals surface area contributed by atoms with Crippen molar-refractivity contribution in [3.63, 3.8) is 0 Å². The number of carbonyl (C=O) groups is 5. The molecular formula is C49H59N11O8. The van der Waals surface area contributed by atoms with E-state index in [0.717, 1.165) is 30.6 Å². The molecule has 0 saturated heterocycles. The van der Waals surface area contributed by atoms with Gasteiger partial charge in [-0.3, -0.25) is 24.0 Å². The SMILES string of the molecule is Cc1nc(-c2ccc3c(c2)OCCC32CC2)nc(C)c1C(=O)NC(CCN)C(=O)N(C)C1C(=O)NC(C)C(=O)NC(C(=O)NCC#N)Cc2ccc(OCCN)c(c2)-c2cc1ccc2OCCN. The maximum atomic E-state index is 14.8. The van der Waals surface area contributed by atoms with E-state index in [9.17, 15) is 29.2 Å². The summed E-state index contributed by atoms with van der Waals surface area (Å²) in [5.74, 6) is -1.33. The lowest BCUT2D eigenvalue weighted by atomic mass is 9.89. The lowest BCUT2D eigenvalue weighted by Gasteiger charge is -2.32. The second kappa shape index (κ2) is 21.2. The van der Waals surface area contributed by atoms with Crippen molar-refractivity contribution < 1.29 is 38.2 Å². The molecule has 1 saturated carbocycles.